The van der Waals surface area contributed by atoms with Gasteiger partial charge in [0, 0.05) is 37.6 Å². The number of halogens is 2. The summed E-state index contributed by atoms with van der Waals surface area (Å²) in [5, 5.41) is 20.8. The summed E-state index contributed by atoms with van der Waals surface area (Å²) in [6, 6.07) is 9.40. The average Bonchev–Trinajstić information content (AvgIpc) is 3.32. The third-order valence-corrected chi connectivity index (χ3v) is 11.1. The number of anilines is 1. The lowest BCUT2D eigenvalue weighted by Gasteiger charge is -2.31. The van der Waals surface area contributed by atoms with Crippen molar-refractivity contribution in [3.63, 3.8) is 0 Å². The molecule has 12 heteroatoms. The van der Waals surface area contributed by atoms with Gasteiger partial charge in [-0.05, 0) is 74.3 Å². The van der Waals surface area contributed by atoms with Crippen LogP contribution >= 0.6 is 34.5 Å². The van der Waals surface area contributed by atoms with E-state index in [1.165, 1.54) is 0 Å². The second-order valence-corrected chi connectivity index (χ2v) is 14.0. The predicted octanol–water partition coefficient (Wildman–Crippen LogP) is 6.84. The Balaban J connectivity index is 1.01. The first kappa shape index (κ1) is 27.8. The summed E-state index contributed by atoms with van der Waals surface area (Å²) in [6.07, 6.45) is 6.09. The SMILES string of the molecule is O=C(O)c1cc(C2CCOCC2)c2nc(N3C[C@@H]4C[C@H]3C[C@H]4OCc3c(C4CC4)nnn3-c3c(Cl)cccc3Cl)sc2c1. The van der Waals surface area contributed by atoms with Gasteiger partial charge in [-0.3, -0.25) is 0 Å². The minimum absolute atomic E-state index is 0.129. The van der Waals surface area contributed by atoms with Gasteiger partial charge in [-0.15, -0.1) is 5.10 Å². The Morgan fingerprint density at radius 3 is 2.58 bits per heavy atom. The lowest BCUT2D eigenvalue weighted by atomic mass is 9.90. The highest BCUT2D eigenvalue weighted by Crippen LogP contribution is 2.46. The molecule has 2 bridgehead atoms. The van der Waals surface area contributed by atoms with E-state index in [2.05, 4.69) is 15.2 Å². The Morgan fingerprint density at radius 2 is 1.88 bits per heavy atom. The third-order valence-electron chi connectivity index (χ3n) is 9.48. The lowest BCUT2D eigenvalue weighted by molar-refractivity contribution is 0.00991. The van der Waals surface area contributed by atoms with Crippen LogP contribution in [0.1, 0.15) is 77.7 Å². The van der Waals surface area contributed by atoms with Crippen molar-refractivity contribution in [2.75, 3.05) is 24.7 Å². The first-order valence-electron chi connectivity index (χ1n) is 15.0. The Labute approximate surface area is 262 Å². The van der Waals surface area contributed by atoms with Crippen molar-refractivity contribution < 1.29 is 19.4 Å². The molecule has 4 aromatic rings. The summed E-state index contributed by atoms with van der Waals surface area (Å²) < 4.78 is 14.9. The Morgan fingerprint density at radius 1 is 1.09 bits per heavy atom. The van der Waals surface area contributed by atoms with Crippen LogP contribution in [0.4, 0.5) is 5.13 Å². The zero-order valence-electron chi connectivity index (χ0n) is 23.4. The van der Waals surface area contributed by atoms with E-state index in [-0.39, 0.29) is 12.0 Å². The molecule has 2 aliphatic heterocycles. The molecule has 224 valence electrons. The number of piperidine rings is 1. The summed E-state index contributed by atoms with van der Waals surface area (Å²) >= 11 is 14.7. The van der Waals surface area contributed by atoms with E-state index in [0.717, 1.165) is 77.4 Å². The van der Waals surface area contributed by atoms with Crippen molar-refractivity contribution >= 4 is 55.9 Å². The number of thiazole rings is 1. The highest BCUT2D eigenvalue weighted by Gasteiger charge is 2.46. The Hall–Kier alpha value is -2.76. The minimum atomic E-state index is -0.899. The average molecular weight is 641 g/mol. The molecule has 2 aromatic heterocycles. The van der Waals surface area contributed by atoms with E-state index in [1.807, 2.05) is 24.3 Å². The molecule has 0 amide bonds. The summed E-state index contributed by atoms with van der Waals surface area (Å²) in [6.45, 7) is 2.67. The van der Waals surface area contributed by atoms with Crippen molar-refractivity contribution in [3.05, 3.63) is 62.9 Å². The number of para-hydroxylation sites is 1. The number of nitrogens with zero attached hydrogens (tertiary/aromatic N) is 5. The van der Waals surface area contributed by atoms with Crippen molar-refractivity contribution in [3.8, 4) is 5.69 Å². The molecule has 2 saturated heterocycles. The number of ether oxygens (including phenoxy) is 2. The van der Waals surface area contributed by atoms with Gasteiger partial charge in [0.1, 0.15) is 5.69 Å². The summed E-state index contributed by atoms with van der Waals surface area (Å²) in [5.41, 5.74) is 4.87. The smallest absolute Gasteiger partial charge is 0.335 e. The van der Waals surface area contributed by atoms with Crippen LogP contribution in [0, 0.1) is 5.92 Å². The van der Waals surface area contributed by atoms with Crippen LogP contribution in [-0.2, 0) is 16.1 Å². The molecule has 0 unspecified atom stereocenters. The van der Waals surface area contributed by atoms with Crippen LogP contribution in [0.3, 0.4) is 0 Å². The number of hydrogen-bond acceptors (Lipinski definition) is 8. The van der Waals surface area contributed by atoms with Gasteiger partial charge in [0.2, 0.25) is 0 Å². The molecule has 2 saturated carbocycles. The number of benzene rings is 2. The molecule has 0 radical (unpaired) electrons. The van der Waals surface area contributed by atoms with E-state index in [4.69, 9.17) is 37.7 Å². The molecule has 3 atom stereocenters. The fourth-order valence-electron chi connectivity index (χ4n) is 7.13. The van der Waals surface area contributed by atoms with Crippen molar-refractivity contribution in [1.82, 2.24) is 20.0 Å². The fourth-order valence-corrected chi connectivity index (χ4v) is 8.81. The molecule has 4 fully saturated rings. The molecule has 1 N–H and O–H groups in total. The largest absolute Gasteiger partial charge is 0.478 e. The quantitative estimate of drug-likeness (QED) is 0.224. The molecular weight excluding hydrogens is 609 g/mol. The van der Waals surface area contributed by atoms with Crippen molar-refractivity contribution in [2.45, 2.75) is 69.1 Å². The van der Waals surface area contributed by atoms with Crippen LogP contribution in [0.25, 0.3) is 15.9 Å². The van der Waals surface area contributed by atoms with Gasteiger partial charge in [-0.25, -0.2) is 14.5 Å². The molecule has 0 spiro atoms. The van der Waals surface area contributed by atoms with Crippen molar-refractivity contribution in [2.24, 2.45) is 5.92 Å². The normalized spacial score (nSPS) is 24.0. The topological polar surface area (TPSA) is 103 Å². The van der Waals surface area contributed by atoms with E-state index >= 15 is 0 Å². The number of aromatic nitrogens is 4. The number of carboxylic acid groups (broad SMARTS) is 1. The second kappa shape index (κ2) is 11.0. The van der Waals surface area contributed by atoms with Crippen LogP contribution in [-0.4, -0.2) is 63.0 Å². The first-order valence-corrected chi connectivity index (χ1v) is 16.5. The highest BCUT2D eigenvalue weighted by molar-refractivity contribution is 7.22. The maximum Gasteiger partial charge on any atom is 0.335 e. The highest BCUT2D eigenvalue weighted by atomic mass is 35.5. The van der Waals surface area contributed by atoms with Gasteiger partial charge >= 0.3 is 5.97 Å². The van der Waals surface area contributed by atoms with Crippen LogP contribution in [0.15, 0.2) is 30.3 Å². The first-order chi connectivity index (χ1) is 20.9. The fraction of sp³-hybridized carbons (Fsp3) is 0.484. The standard InChI is InChI=1S/C31H31Cl2N5O4S/c32-22-2-1-3-23(33)29(22)38-24(27(35-36-38)17-4-5-17)15-42-25-13-20-10-19(25)14-37(20)31-34-28-21(16-6-8-41-9-7-16)11-18(30(39)40)12-26(28)43-31/h1-3,11-12,16-17,19-20,25H,4-10,13-15H2,(H,39,40)/t19-,20-,25+/m0/s1. The minimum Gasteiger partial charge on any atom is -0.478 e. The molecule has 9 nitrogen and oxygen atoms in total. The molecular formula is C31H31Cl2N5O4S. The maximum atomic E-state index is 11.9. The number of hydrogen-bond donors (Lipinski definition) is 1. The van der Waals surface area contributed by atoms with Gasteiger partial charge in [0.15, 0.2) is 5.13 Å². The van der Waals surface area contributed by atoms with Gasteiger partial charge in [0.25, 0.3) is 0 Å². The van der Waals surface area contributed by atoms with Crippen molar-refractivity contribution in [1.29, 1.82) is 0 Å². The number of rotatable bonds is 8. The zero-order chi connectivity index (χ0) is 29.2. The number of aromatic carboxylic acids is 1. The predicted molar refractivity (Wildman–Crippen MR) is 165 cm³/mol. The van der Waals surface area contributed by atoms with E-state index < -0.39 is 5.97 Å². The van der Waals surface area contributed by atoms with E-state index in [0.29, 0.717) is 59.0 Å². The molecule has 2 aliphatic carbocycles. The lowest BCUT2D eigenvalue weighted by Crippen LogP contribution is -2.38. The zero-order valence-corrected chi connectivity index (χ0v) is 25.7. The monoisotopic (exact) mass is 639 g/mol. The Bertz CT molecular complexity index is 1700. The molecule has 2 aromatic carbocycles. The summed E-state index contributed by atoms with van der Waals surface area (Å²) in [5.74, 6) is 0.168. The van der Waals surface area contributed by atoms with E-state index in [1.54, 1.807) is 22.1 Å². The van der Waals surface area contributed by atoms with Gasteiger partial charge in [-0.2, -0.15) is 0 Å². The Kier molecular flexibility index (Phi) is 7.10. The molecule has 4 heterocycles. The number of fused-ring (bicyclic) bond motifs is 3. The van der Waals surface area contributed by atoms with Gasteiger partial charge in [-0.1, -0.05) is 45.8 Å². The molecule has 4 aliphatic rings. The third kappa shape index (κ3) is 5.01. The molecule has 8 rings (SSSR count). The van der Waals surface area contributed by atoms with E-state index in [9.17, 15) is 9.90 Å². The number of carboxylic acids is 1. The summed E-state index contributed by atoms with van der Waals surface area (Å²) in [4.78, 5) is 19.5. The summed E-state index contributed by atoms with van der Waals surface area (Å²) in [7, 11) is 0. The van der Waals surface area contributed by atoms with Gasteiger partial charge in [0.05, 0.1) is 49.9 Å². The van der Waals surface area contributed by atoms with Crippen LogP contribution < -0.4 is 4.90 Å². The second-order valence-electron chi connectivity index (χ2n) is 12.2. The van der Waals surface area contributed by atoms with Crippen LogP contribution in [0.2, 0.25) is 10.0 Å². The number of carbonyl (C=O) groups is 1. The molecule has 43 heavy (non-hydrogen) atoms. The maximum absolute atomic E-state index is 11.9. The van der Waals surface area contributed by atoms with Gasteiger partial charge < -0.3 is 19.5 Å². The van der Waals surface area contributed by atoms with Crippen LogP contribution in [0.5, 0.6) is 0 Å².